The van der Waals surface area contributed by atoms with E-state index in [-0.39, 0.29) is 30.0 Å². The Kier molecular flexibility index (Phi) is 9.35. The van der Waals surface area contributed by atoms with Crippen molar-refractivity contribution in [1.29, 1.82) is 0 Å². The molecule has 1 saturated heterocycles. The lowest BCUT2D eigenvalue weighted by atomic mass is 9.84. The third-order valence-electron chi connectivity index (χ3n) is 7.66. The number of carbonyl (C=O) groups is 1. The second-order valence-electron chi connectivity index (χ2n) is 11.0. The van der Waals surface area contributed by atoms with Crippen molar-refractivity contribution in [2.75, 3.05) is 22.1 Å². The van der Waals surface area contributed by atoms with Crippen molar-refractivity contribution in [3.8, 4) is 5.82 Å². The molecule has 10 nitrogen and oxygen atoms in total. The zero-order valence-electron chi connectivity index (χ0n) is 22.9. The molecule has 1 aliphatic carbocycles. The van der Waals surface area contributed by atoms with Gasteiger partial charge in [-0.05, 0) is 43.4 Å². The number of hydrogen-bond acceptors (Lipinski definition) is 8. The summed E-state index contributed by atoms with van der Waals surface area (Å²) in [7, 11) is -3.08. The maximum absolute atomic E-state index is 13.6. The second kappa shape index (κ2) is 13.0. The number of benzene rings is 1. The van der Waals surface area contributed by atoms with Crippen LogP contribution in [-0.4, -0.2) is 57.4 Å². The van der Waals surface area contributed by atoms with Crippen LogP contribution < -0.4 is 16.0 Å². The summed E-state index contributed by atoms with van der Waals surface area (Å²) in [5.41, 5.74) is 1.60. The number of imidazole rings is 1. The van der Waals surface area contributed by atoms with Crippen molar-refractivity contribution in [2.24, 2.45) is 5.92 Å². The molecular weight excluding hydrogens is 585 g/mol. The Morgan fingerprint density at radius 2 is 1.93 bits per heavy atom. The normalized spacial score (nSPS) is 19.5. The zero-order chi connectivity index (χ0) is 29.0. The summed E-state index contributed by atoms with van der Waals surface area (Å²) in [6.45, 7) is 2.15. The number of sulfone groups is 1. The van der Waals surface area contributed by atoms with Crippen LogP contribution in [-0.2, 0) is 21.2 Å². The van der Waals surface area contributed by atoms with E-state index in [0.29, 0.717) is 46.4 Å². The van der Waals surface area contributed by atoms with Gasteiger partial charge in [-0.1, -0.05) is 61.4 Å². The van der Waals surface area contributed by atoms with Crippen LogP contribution in [0.2, 0.25) is 10.0 Å². The summed E-state index contributed by atoms with van der Waals surface area (Å²) in [5.74, 6) is 1.75. The van der Waals surface area contributed by atoms with Crippen molar-refractivity contribution >= 4 is 50.7 Å². The molecule has 5 rings (SSSR count). The van der Waals surface area contributed by atoms with Gasteiger partial charge in [0.05, 0.1) is 17.2 Å². The Labute approximate surface area is 250 Å². The van der Waals surface area contributed by atoms with Gasteiger partial charge in [-0.25, -0.2) is 13.4 Å². The molecule has 1 saturated carbocycles. The highest BCUT2D eigenvalue weighted by Crippen LogP contribution is 2.29. The molecule has 2 atom stereocenters. The molecule has 41 heavy (non-hydrogen) atoms. The minimum absolute atomic E-state index is 0.0352. The number of nitrogens with zero attached hydrogens (tertiary/aromatic N) is 4. The molecule has 1 aliphatic heterocycles. The lowest BCUT2D eigenvalue weighted by molar-refractivity contribution is -0.122. The van der Waals surface area contributed by atoms with Gasteiger partial charge >= 0.3 is 0 Å². The first-order chi connectivity index (χ1) is 19.6. The SMILES string of the molecule is Cc1cn(-c2cc(NC(CC3CCCCC3)C(=O)NCc3ccc(Cl)cc3Cl)nc(NC3CCS(=O)(=O)C3)n2)cn1. The van der Waals surface area contributed by atoms with Crippen molar-refractivity contribution < 1.29 is 13.2 Å². The van der Waals surface area contributed by atoms with Crippen molar-refractivity contribution in [3.05, 3.63) is 58.1 Å². The average molecular weight is 621 g/mol. The van der Waals surface area contributed by atoms with Gasteiger partial charge in [-0.3, -0.25) is 9.36 Å². The molecule has 3 aromatic rings. The fraction of sp³-hybridized carbons (Fsp3) is 0.500. The molecule has 3 heterocycles. The molecule has 3 N–H and O–H groups in total. The van der Waals surface area contributed by atoms with E-state index in [9.17, 15) is 13.2 Å². The molecule has 0 radical (unpaired) electrons. The average Bonchev–Trinajstić information content (AvgIpc) is 3.52. The topological polar surface area (TPSA) is 131 Å². The molecule has 1 amide bonds. The number of rotatable bonds is 10. The summed E-state index contributed by atoms with van der Waals surface area (Å²) in [5, 5.41) is 10.6. The third kappa shape index (κ3) is 8.11. The zero-order valence-corrected chi connectivity index (χ0v) is 25.3. The maximum atomic E-state index is 13.6. The summed E-state index contributed by atoms with van der Waals surface area (Å²) in [4.78, 5) is 27.2. The summed E-state index contributed by atoms with van der Waals surface area (Å²) in [6.07, 6.45) is 10.4. The van der Waals surface area contributed by atoms with Crippen LogP contribution in [0.4, 0.5) is 11.8 Å². The fourth-order valence-electron chi connectivity index (χ4n) is 5.48. The van der Waals surface area contributed by atoms with Crippen LogP contribution >= 0.6 is 23.2 Å². The first-order valence-electron chi connectivity index (χ1n) is 14.0. The minimum atomic E-state index is -3.08. The van der Waals surface area contributed by atoms with E-state index in [1.54, 1.807) is 35.2 Å². The van der Waals surface area contributed by atoms with Crippen LogP contribution in [0, 0.1) is 12.8 Å². The highest BCUT2D eigenvalue weighted by molar-refractivity contribution is 7.91. The van der Waals surface area contributed by atoms with Crippen LogP contribution in [0.1, 0.15) is 56.2 Å². The Bertz CT molecular complexity index is 1490. The van der Waals surface area contributed by atoms with Gasteiger partial charge in [0.1, 0.15) is 24.0 Å². The highest BCUT2D eigenvalue weighted by Gasteiger charge is 2.29. The van der Waals surface area contributed by atoms with E-state index in [4.69, 9.17) is 23.2 Å². The number of anilines is 2. The smallest absolute Gasteiger partial charge is 0.242 e. The Hall–Kier alpha value is -2.89. The van der Waals surface area contributed by atoms with Gasteiger partial charge in [0.25, 0.3) is 0 Å². The van der Waals surface area contributed by atoms with Crippen molar-refractivity contribution in [1.82, 2.24) is 24.8 Å². The van der Waals surface area contributed by atoms with E-state index in [1.807, 2.05) is 13.1 Å². The van der Waals surface area contributed by atoms with E-state index in [0.717, 1.165) is 36.9 Å². The van der Waals surface area contributed by atoms with Gasteiger partial charge in [-0.15, -0.1) is 0 Å². The lowest BCUT2D eigenvalue weighted by Crippen LogP contribution is -2.41. The minimum Gasteiger partial charge on any atom is -0.358 e. The maximum Gasteiger partial charge on any atom is 0.242 e. The van der Waals surface area contributed by atoms with Crippen LogP contribution in [0.25, 0.3) is 5.82 Å². The summed E-state index contributed by atoms with van der Waals surface area (Å²) < 4.78 is 25.8. The predicted octanol–water partition coefficient (Wildman–Crippen LogP) is 4.94. The molecule has 2 aliphatic rings. The van der Waals surface area contributed by atoms with Crippen LogP contribution in [0.3, 0.4) is 0 Å². The molecular formula is C28H35Cl2N7O3S. The number of amides is 1. The van der Waals surface area contributed by atoms with Gasteiger partial charge in [0.2, 0.25) is 11.9 Å². The highest BCUT2D eigenvalue weighted by atomic mass is 35.5. The third-order valence-corrected chi connectivity index (χ3v) is 10.0. The quantitative estimate of drug-likeness (QED) is 0.291. The van der Waals surface area contributed by atoms with Gasteiger partial charge in [0.15, 0.2) is 9.84 Å². The fourth-order valence-corrected chi connectivity index (χ4v) is 7.63. The first-order valence-corrected chi connectivity index (χ1v) is 16.6. The Morgan fingerprint density at radius 3 is 2.61 bits per heavy atom. The number of aryl methyl sites for hydroxylation is 1. The molecule has 2 unspecified atom stereocenters. The second-order valence-corrected chi connectivity index (χ2v) is 14.1. The van der Waals surface area contributed by atoms with E-state index >= 15 is 0 Å². The number of aromatic nitrogens is 4. The number of carbonyl (C=O) groups excluding carboxylic acids is 1. The van der Waals surface area contributed by atoms with E-state index in [1.165, 1.54) is 6.42 Å². The van der Waals surface area contributed by atoms with E-state index < -0.39 is 15.9 Å². The summed E-state index contributed by atoms with van der Waals surface area (Å²) >= 11 is 12.4. The number of nitrogens with one attached hydrogen (secondary N) is 3. The van der Waals surface area contributed by atoms with E-state index in [2.05, 4.69) is 30.9 Å². The standard InChI is InChI=1S/C28H35Cl2N7O3S/c1-18-15-37(17-32-18)26-13-25(35-28(36-26)33-22-9-10-41(39,40)16-22)34-24(11-19-5-3-2-4-6-19)27(38)31-14-20-7-8-21(29)12-23(20)30/h7-8,12-13,15,17,19,22,24H,2-6,9-11,14,16H2,1H3,(H,31,38)(H2,33,34,35,36). The van der Waals surface area contributed by atoms with Crippen LogP contribution in [0.5, 0.6) is 0 Å². The summed E-state index contributed by atoms with van der Waals surface area (Å²) in [6, 6.07) is 6.16. The van der Waals surface area contributed by atoms with Crippen molar-refractivity contribution in [2.45, 2.75) is 70.5 Å². The molecule has 220 valence electrons. The molecule has 2 aromatic heterocycles. The van der Waals surface area contributed by atoms with Crippen LogP contribution in [0.15, 0.2) is 36.8 Å². The predicted molar refractivity (Wildman–Crippen MR) is 161 cm³/mol. The monoisotopic (exact) mass is 619 g/mol. The molecule has 1 aromatic carbocycles. The van der Waals surface area contributed by atoms with Gasteiger partial charge in [0, 0.05) is 34.9 Å². The molecule has 0 spiro atoms. The van der Waals surface area contributed by atoms with Crippen molar-refractivity contribution in [3.63, 3.8) is 0 Å². The largest absolute Gasteiger partial charge is 0.358 e. The number of hydrogen-bond donors (Lipinski definition) is 3. The lowest BCUT2D eigenvalue weighted by Gasteiger charge is -2.27. The van der Waals surface area contributed by atoms with Gasteiger partial charge in [-0.2, -0.15) is 9.97 Å². The molecule has 0 bridgehead atoms. The first kappa shape index (κ1) is 29.6. The molecule has 13 heteroatoms. The molecule has 2 fully saturated rings. The Balaban J connectivity index is 1.39. The Morgan fingerprint density at radius 1 is 1.12 bits per heavy atom. The number of halogens is 2. The van der Waals surface area contributed by atoms with Gasteiger partial charge < -0.3 is 16.0 Å².